The zero-order chi connectivity index (χ0) is 23.0. The van der Waals surface area contributed by atoms with Gasteiger partial charge in [0.15, 0.2) is 0 Å². The molecule has 2 unspecified atom stereocenters. The summed E-state index contributed by atoms with van der Waals surface area (Å²) in [6, 6.07) is 4.56. The van der Waals surface area contributed by atoms with Crippen LogP contribution in [0.1, 0.15) is 31.1 Å². The zero-order valence-corrected chi connectivity index (χ0v) is 18.3. The number of likely N-dealkylation sites (tertiary alicyclic amines) is 1. The fourth-order valence-corrected chi connectivity index (χ4v) is 4.23. The van der Waals surface area contributed by atoms with E-state index in [9.17, 15) is 18.4 Å². The fourth-order valence-electron chi connectivity index (χ4n) is 4.23. The molecule has 0 bridgehead atoms. The molecule has 7 nitrogen and oxygen atoms in total. The van der Waals surface area contributed by atoms with E-state index in [4.69, 9.17) is 4.74 Å². The van der Waals surface area contributed by atoms with Crippen molar-refractivity contribution in [3.63, 3.8) is 0 Å². The first kappa shape index (κ1) is 22.0. The van der Waals surface area contributed by atoms with Crippen LogP contribution in [0.15, 0.2) is 36.7 Å². The smallest absolute Gasteiger partial charge is 0.410 e. The monoisotopic (exact) mass is 444 g/mol. The van der Waals surface area contributed by atoms with Crippen molar-refractivity contribution in [3.8, 4) is 0 Å². The number of rotatable bonds is 3. The SMILES string of the molecule is CC(C)(C)OC(=O)N1CC2CN(c3cncc(C(=O)Nc4cc(F)cc(F)c4)c3)CC2C1. The maximum Gasteiger partial charge on any atom is 0.410 e. The molecule has 3 heterocycles. The van der Waals surface area contributed by atoms with E-state index >= 15 is 0 Å². The van der Waals surface area contributed by atoms with Crippen LogP contribution < -0.4 is 10.2 Å². The Hall–Kier alpha value is -3.23. The molecule has 2 aliphatic heterocycles. The van der Waals surface area contributed by atoms with Crippen LogP contribution in [0, 0.1) is 23.5 Å². The molecule has 1 aromatic carbocycles. The number of aromatic nitrogens is 1. The quantitative estimate of drug-likeness (QED) is 0.777. The van der Waals surface area contributed by atoms with E-state index in [2.05, 4.69) is 15.2 Å². The first-order valence-corrected chi connectivity index (χ1v) is 10.5. The van der Waals surface area contributed by atoms with Crippen LogP contribution in [0.4, 0.5) is 25.0 Å². The number of fused-ring (bicyclic) bond motifs is 1. The molecule has 0 saturated carbocycles. The molecule has 2 aromatic rings. The number of carbonyl (C=O) groups is 2. The molecule has 4 rings (SSSR count). The number of benzene rings is 1. The highest BCUT2D eigenvalue weighted by Gasteiger charge is 2.42. The summed E-state index contributed by atoms with van der Waals surface area (Å²) >= 11 is 0. The van der Waals surface area contributed by atoms with Crippen LogP contribution in [0.2, 0.25) is 0 Å². The summed E-state index contributed by atoms with van der Waals surface area (Å²) in [4.78, 5) is 33.0. The van der Waals surface area contributed by atoms with Gasteiger partial charge < -0.3 is 19.9 Å². The first-order chi connectivity index (χ1) is 15.1. The van der Waals surface area contributed by atoms with Gasteiger partial charge >= 0.3 is 6.09 Å². The summed E-state index contributed by atoms with van der Waals surface area (Å²) in [5.41, 5.74) is 0.599. The molecule has 0 spiro atoms. The van der Waals surface area contributed by atoms with Crippen molar-refractivity contribution in [2.45, 2.75) is 26.4 Å². The number of nitrogens with zero attached hydrogens (tertiary/aromatic N) is 3. The minimum absolute atomic E-state index is 0.0378. The Morgan fingerprint density at radius 3 is 2.22 bits per heavy atom. The van der Waals surface area contributed by atoms with E-state index in [1.807, 2.05) is 20.8 Å². The van der Waals surface area contributed by atoms with Crippen LogP contribution in [0.25, 0.3) is 0 Å². The summed E-state index contributed by atoms with van der Waals surface area (Å²) in [5.74, 6) is -1.40. The maximum atomic E-state index is 13.4. The second-order valence-electron chi connectivity index (χ2n) is 9.35. The zero-order valence-electron chi connectivity index (χ0n) is 18.3. The van der Waals surface area contributed by atoms with Crippen molar-refractivity contribution in [2.24, 2.45) is 11.8 Å². The molecule has 1 N–H and O–H groups in total. The topological polar surface area (TPSA) is 74.8 Å². The molecular formula is C23H26F2N4O3. The Kier molecular flexibility index (Phi) is 5.75. The highest BCUT2D eigenvalue weighted by atomic mass is 19.1. The average Bonchev–Trinajstić information content (AvgIpc) is 3.25. The minimum atomic E-state index is -0.767. The Balaban J connectivity index is 1.39. The van der Waals surface area contributed by atoms with Crippen molar-refractivity contribution in [1.29, 1.82) is 0 Å². The van der Waals surface area contributed by atoms with E-state index in [1.54, 1.807) is 17.2 Å². The Labute approximate surface area is 185 Å². The molecule has 1 aromatic heterocycles. The largest absolute Gasteiger partial charge is 0.444 e. The Bertz CT molecular complexity index is 1010. The number of carbonyl (C=O) groups excluding carboxylic acids is 2. The van der Waals surface area contributed by atoms with E-state index < -0.39 is 23.1 Å². The van der Waals surface area contributed by atoms with Crippen LogP contribution >= 0.6 is 0 Å². The van der Waals surface area contributed by atoms with Crippen molar-refractivity contribution in [3.05, 3.63) is 53.9 Å². The van der Waals surface area contributed by atoms with Gasteiger partial charge in [-0.2, -0.15) is 0 Å². The van der Waals surface area contributed by atoms with Crippen molar-refractivity contribution < 1.29 is 23.1 Å². The van der Waals surface area contributed by atoms with Crippen LogP contribution in [-0.4, -0.2) is 53.7 Å². The van der Waals surface area contributed by atoms with E-state index in [-0.39, 0.29) is 11.8 Å². The second kappa shape index (κ2) is 8.37. The molecule has 2 saturated heterocycles. The predicted molar refractivity (Wildman–Crippen MR) is 116 cm³/mol. The predicted octanol–water partition coefficient (Wildman–Crippen LogP) is 3.92. The van der Waals surface area contributed by atoms with Gasteiger partial charge in [0.25, 0.3) is 5.91 Å². The van der Waals surface area contributed by atoms with Gasteiger partial charge in [-0.25, -0.2) is 13.6 Å². The number of hydrogen-bond acceptors (Lipinski definition) is 5. The number of amides is 2. The molecule has 9 heteroatoms. The van der Waals surface area contributed by atoms with E-state index in [1.165, 1.54) is 6.20 Å². The third kappa shape index (κ3) is 4.98. The minimum Gasteiger partial charge on any atom is -0.444 e. The summed E-state index contributed by atoms with van der Waals surface area (Å²) in [6.07, 6.45) is 2.81. The summed E-state index contributed by atoms with van der Waals surface area (Å²) in [7, 11) is 0. The van der Waals surface area contributed by atoms with Crippen molar-refractivity contribution in [1.82, 2.24) is 9.88 Å². The number of nitrogens with one attached hydrogen (secondary N) is 1. The molecular weight excluding hydrogens is 418 g/mol. The average molecular weight is 444 g/mol. The summed E-state index contributed by atoms with van der Waals surface area (Å²) < 4.78 is 32.2. The molecule has 2 atom stereocenters. The molecule has 32 heavy (non-hydrogen) atoms. The highest BCUT2D eigenvalue weighted by Crippen LogP contribution is 2.34. The normalized spacial score (nSPS) is 20.3. The van der Waals surface area contributed by atoms with Gasteiger partial charge in [0.1, 0.15) is 17.2 Å². The Morgan fingerprint density at radius 1 is 1.00 bits per heavy atom. The van der Waals surface area contributed by atoms with E-state index in [0.717, 1.165) is 37.0 Å². The van der Waals surface area contributed by atoms with Crippen LogP contribution in [0.3, 0.4) is 0 Å². The number of halogens is 2. The van der Waals surface area contributed by atoms with Gasteiger partial charge in [-0.05, 0) is 39.0 Å². The number of anilines is 2. The lowest BCUT2D eigenvalue weighted by atomic mass is 10.0. The van der Waals surface area contributed by atoms with Crippen molar-refractivity contribution >= 4 is 23.4 Å². The van der Waals surface area contributed by atoms with Gasteiger partial charge in [0.05, 0.1) is 17.4 Å². The third-order valence-corrected chi connectivity index (χ3v) is 5.61. The van der Waals surface area contributed by atoms with Crippen LogP contribution in [-0.2, 0) is 4.74 Å². The van der Waals surface area contributed by atoms with Gasteiger partial charge in [-0.1, -0.05) is 0 Å². The number of pyridine rings is 1. The van der Waals surface area contributed by atoms with Gasteiger partial charge in [-0.15, -0.1) is 0 Å². The van der Waals surface area contributed by atoms with Gasteiger partial charge in [0, 0.05) is 56.0 Å². The lowest BCUT2D eigenvalue weighted by molar-refractivity contribution is 0.0282. The standard InChI is InChI=1S/C23H26F2N4O3/c1-23(2,3)32-22(31)29-12-15-10-28(11-16(15)13-29)20-4-14(8-26-9-20)21(30)27-19-6-17(24)5-18(25)7-19/h4-9,15-16H,10-13H2,1-3H3,(H,27,30). The van der Waals surface area contributed by atoms with Crippen LogP contribution in [0.5, 0.6) is 0 Å². The molecule has 0 aliphatic carbocycles. The molecule has 2 amide bonds. The molecule has 2 fully saturated rings. The maximum absolute atomic E-state index is 13.4. The number of hydrogen-bond donors (Lipinski definition) is 1. The first-order valence-electron chi connectivity index (χ1n) is 10.5. The summed E-state index contributed by atoms with van der Waals surface area (Å²) in [6.45, 7) is 8.31. The van der Waals surface area contributed by atoms with Crippen molar-refractivity contribution in [2.75, 3.05) is 36.4 Å². The van der Waals surface area contributed by atoms with Gasteiger partial charge in [0.2, 0.25) is 0 Å². The highest BCUT2D eigenvalue weighted by molar-refractivity contribution is 6.04. The Morgan fingerprint density at radius 2 is 1.62 bits per heavy atom. The fraction of sp³-hybridized carbons (Fsp3) is 0.435. The summed E-state index contributed by atoms with van der Waals surface area (Å²) in [5, 5.41) is 2.50. The number of ether oxygens (including phenoxy) is 1. The molecule has 170 valence electrons. The lowest BCUT2D eigenvalue weighted by Crippen LogP contribution is -2.37. The molecule has 0 radical (unpaired) electrons. The van der Waals surface area contributed by atoms with E-state index in [0.29, 0.717) is 30.5 Å². The second-order valence-corrected chi connectivity index (χ2v) is 9.35. The lowest BCUT2D eigenvalue weighted by Gasteiger charge is -2.26. The molecule has 2 aliphatic rings. The van der Waals surface area contributed by atoms with Gasteiger partial charge in [-0.3, -0.25) is 9.78 Å². The third-order valence-electron chi connectivity index (χ3n) is 5.61.